The topological polar surface area (TPSA) is 89.1 Å². The molecule has 0 aromatic heterocycles. The highest BCUT2D eigenvalue weighted by Gasteiger charge is 2.31. The van der Waals surface area contributed by atoms with E-state index in [-0.39, 0.29) is 17.9 Å². The quantitative estimate of drug-likeness (QED) is 0.204. The number of carbonyl (C=O) groups is 2. The van der Waals surface area contributed by atoms with E-state index < -0.39 is 0 Å². The van der Waals surface area contributed by atoms with E-state index in [9.17, 15) is 9.59 Å². The summed E-state index contributed by atoms with van der Waals surface area (Å²) in [5.41, 5.74) is 0. The Morgan fingerprint density at radius 2 is 1.58 bits per heavy atom. The third-order valence-corrected chi connectivity index (χ3v) is 4.57. The molecule has 0 aliphatic carbocycles. The first-order chi connectivity index (χ1) is 12.7. The van der Waals surface area contributed by atoms with Crippen LogP contribution in [0, 0.1) is 0 Å². The maximum atomic E-state index is 12.1. The van der Waals surface area contributed by atoms with Gasteiger partial charge in [0.2, 0.25) is 11.8 Å². The lowest BCUT2D eigenvalue weighted by Crippen LogP contribution is -2.45. The fourth-order valence-corrected chi connectivity index (χ4v) is 3.08. The van der Waals surface area contributed by atoms with Crippen LogP contribution in [0.15, 0.2) is 0 Å². The molecular weight excluding hydrogens is 453 g/mol. The second-order valence-corrected chi connectivity index (χ2v) is 6.85. The Balaban J connectivity index is 1.86. The number of nitrogens with one attached hydrogen (secondary N) is 2. The molecule has 0 aromatic rings. The van der Waals surface area contributed by atoms with E-state index in [1.165, 1.54) is 6.92 Å². The van der Waals surface area contributed by atoms with Gasteiger partial charge in [-0.1, -0.05) is 0 Å². The van der Waals surface area contributed by atoms with Gasteiger partial charge in [-0.3, -0.25) is 13.1 Å². The number of nitrogens with zero attached hydrogens (tertiary/aromatic N) is 1. The summed E-state index contributed by atoms with van der Waals surface area (Å²) in [5.74, 6) is -0.0932. The fraction of sp³-hybridized carbons (Fsp3) is 0.882. The predicted octanol–water partition coefficient (Wildman–Crippen LogP) is 0.883. The van der Waals surface area contributed by atoms with Crippen LogP contribution in [0.5, 0.6) is 0 Å². The van der Waals surface area contributed by atoms with Crippen molar-refractivity contribution in [2.24, 2.45) is 0 Å². The van der Waals surface area contributed by atoms with Gasteiger partial charge in [-0.25, -0.2) is 0 Å². The van der Waals surface area contributed by atoms with Crippen molar-refractivity contribution >= 4 is 34.7 Å². The summed E-state index contributed by atoms with van der Waals surface area (Å²) in [6, 6.07) is -0.304. The summed E-state index contributed by atoms with van der Waals surface area (Å²) in [6.07, 6.45) is 3.38. The summed E-state index contributed by atoms with van der Waals surface area (Å²) >= 11 is 2.12. The zero-order valence-corrected chi connectivity index (χ0v) is 17.8. The van der Waals surface area contributed by atoms with Gasteiger partial charge >= 0.3 is 0 Å². The molecule has 0 aromatic carbocycles. The van der Waals surface area contributed by atoms with Gasteiger partial charge in [-0.2, -0.15) is 0 Å². The number of carbonyl (C=O) groups excluding carboxylic acids is 2. The van der Waals surface area contributed by atoms with Gasteiger partial charge in [0.25, 0.3) is 0 Å². The number of hydrogen-bond acceptors (Lipinski definition) is 6. The summed E-state index contributed by atoms with van der Waals surface area (Å²) < 4.78 is 19.3. The van der Waals surface area contributed by atoms with Gasteiger partial charge in [0.05, 0.1) is 26.4 Å². The smallest absolute Gasteiger partial charge is 0.242 e. The van der Waals surface area contributed by atoms with Gasteiger partial charge in [0.1, 0.15) is 6.04 Å². The molecule has 1 unspecified atom stereocenters. The van der Waals surface area contributed by atoms with Gasteiger partial charge in [-0.15, -0.1) is 0 Å². The highest BCUT2D eigenvalue weighted by Crippen LogP contribution is 2.17. The molecule has 0 saturated carbocycles. The minimum atomic E-state index is -0.304. The van der Waals surface area contributed by atoms with E-state index in [1.807, 2.05) is 0 Å². The van der Waals surface area contributed by atoms with Gasteiger partial charge < -0.3 is 24.4 Å². The summed E-state index contributed by atoms with van der Waals surface area (Å²) in [4.78, 5) is 25.2. The maximum Gasteiger partial charge on any atom is 0.242 e. The molecule has 0 spiro atoms. The third-order valence-electron chi connectivity index (χ3n) is 4.03. The Bertz CT molecular complexity index is 401. The Morgan fingerprint density at radius 1 is 1.00 bits per heavy atom. The van der Waals surface area contributed by atoms with Crippen molar-refractivity contribution < 1.29 is 23.8 Å². The fourth-order valence-electron chi connectivity index (χ4n) is 2.70. The number of halogens is 1. The molecule has 2 amide bonds. The number of hydrogen-bond donors (Lipinski definition) is 2. The van der Waals surface area contributed by atoms with Crippen LogP contribution >= 0.6 is 22.9 Å². The summed E-state index contributed by atoms with van der Waals surface area (Å²) in [5, 5.41) is 2.88. The van der Waals surface area contributed by atoms with E-state index in [1.54, 1.807) is 4.90 Å². The minimum Gasteiger partial charge on any atom is -0.379 e. The van der Waals surface area contributed by atoms with Crippen LogP contribution in [0.2, 0.25) is 0 Å². The number of rotatable bonds is 15. The number of likely N-dealkylation sites (tertiary alicyclic amines) is 1. The number of amides is 2. The van der Waals surface area contributed by atoms with Crippen LogP contribution in [-0.2, 0) is 23.8 Å². The zero-order chi connectivity index (χ0) is 19.0. The summed E-state index contributed by atoms with van der Waals surface area (Å²) in [6.45, 7) is 7.27. The van der Waals surface area contributed by atoms with E-state index in [2.05, 4.69) is 31.7 Å². The Kier molecular flexibility index (Phi) is 14.1. The van der Waals surface area contributed by atoms with Gasteiger partial charge in [0.15, 0.2) is 0 Å². The van der Waals surface area contributed by atoms with E-state index in [0.717, 1.165) is 38.8 Å². The van der Waals surface area contributed by atoms with Gasteiger partial charge in [-0.05, 0) is 25.7 Å². The standard InChI is InChI=1S/C17H32IN3O5/c1-15(22)21-8-2-5-16(21)17(23)19-6-3-9-24-11-13-26-14-12-25-10-4-7-20-18/h16,20H,2-14H2,1H3,(H,19,23). The van der Waals surface area contributed by atoms with E-state index in [4.69, 9.17) is 14.2 Å². The van der Waals surface area contributed by atoms with Crippen LogP contribution in [0.4, 0.5) is 0 Å². The first-order valence-electron chi connectivity index (χ1n) is 9.28. The number of ether oxygens (including phenoxy) is 3. The molecule has 152 valence electrons. The molecule has 1 rings (SSSR count). The van der Waals surface area contributed by atoms with Crippen molar-refractivity contribution in [1.29, 1.82) is 0 Å². The minimum absolute atomic E-state index is 0.0333. The van der Waals surface area contributed by atoms with Crippen molar-refractivity contribution in [1.82, 2.24) is 13.7 Å². The van der Waals surface area contributed by atoms with Crippen molar-refractivity contribution in [3.63, 3.8) is 0 Å². The molecule has 1 aliphatic heterocycles. The van der Waals surface area contributed by atoms with Crippen molar-refractivity contribution in [2.75, 3.05) is 59.3 Å². The van der Waals surface area contributed by atoms with Crippen LogP contribution in [0.1, 0.15) is 32.6 Å². The molecule has 0 radical (unpaired) electrons. The molecular formula is C17H32IN3O5. The largest absolute Gasteiger partial charge is 0.379 e. The van der Waals surface area contributed by atoms with E-state index in [0.29, 0.717) is 46.1 Å². The van der Waals surface area contributed by atoms with Crippen molar-refractivity contribution in [3.8, 4) is 0 Å². The van der Waals surface area contributed by atoms with Crippen molar-refractivity contribution in [2.45, 2.75) is 38.6 Å². The average Bonchev–Trinajstić information content (AvgIpc) is 3.12. The van der Waals surface area contributed by atoms with Crippen LogP contribution < -0.4 is 8.85 Å². The first-order valence-corrected chi connectivity index (χ1v) is 10.4. The van der Waals surface area contributed by atoms with Crippen LogP contribution in [-0.4, -0.2) is 82.0 Å². The third kappa shape index (κ3) is 10.6. The molecule has 1 fully saturated rings. The first kappa shape index (κ1) is 23.5. The second-order valence-electron chi connectivity index (χ2n) is 6.09. The normalized spacial score (nSPS) is 16.8. The van der Waals surface area contributed by atoms with Gasteiger partial charge in [0, 0.05) is 62.6 Å². The molecule has 8 nitrogen and oxygen atoms in total. The summed E-state index contributed by atoms with van der Waals surface area (Å²) in [7, 11) is 0. The molecule has 1 saturated heterocycles. The Labute approximate surface area is 170 Å². The molecule has 9 heteroatoms. The molecule has 1 heterocycles. The molecule has 1 atom stereocenters. The van der Waals surface area contributed by atoms with E-state index >= 15 is 0 Å². The molecule has 0 bridgehead atoms. The lowest BCUT2D eigenvalue weighted by Gasteiger charge is -2.22. The predicted molar refractivity (Wildman–Crippen MR) is 107 cm³/mol. The Morgan fingerprint density at radius 3 is 2.15 bits per heavy atom. The highest BCUT2D eigenvalue weighted by molar-refractivity contribution is 14.1. The lowest BCUT2D eigenvalue weighted by atomic mass is 10.2. The average molecular weight is 485 g/mol. The van der Waals surface area contributed by atoms with Crippen molar-refractivity contribution in [3.05, 3.63) is 0 Å². The zero-order valence-electron chi connectivity index (χ0n) is 15.6. The molecule has 26 heavy (non-hydrogen) atoms. The second kappa shape index (κ2) is 15.6. The lowest BCUT2D eigenvalue weighted by molar-refractivity contribution is -0.136. The Hall–Kier alpha value is -0.490. The monoisotopic (exact) mass is 485 g/mol. The SMILES string of the molecule is CC(=O)N1CCCC1C(=O)NCCCOCCOCCOCCCNI. The van der Waals surface area contributed by atoms with Crippen LogP contribution in [0.3, 0.4) is 0 Å². The van der Waals surface area contributed by atoms with Crippen LogP contribution in [0.25, 0.3) is 0 Å². The molecule has 2 N–H and O–H groups in total. The highest BCUT2D eigenvalue weighted by atomic mass is 127. The molecule has 1 aliphatic rings. The maximum absolute atomic E-state index is 12.1.